The zero-order chi connectivity index (χ0) is 18.0. The van der Waals surface area contributed by atoms with Crippen LogP contribution in [0.4, 0.5) is 35.1 Å². The molecule has 0 aromatic rings. The molecule has 0 fully saturated rings. The largest absolute Gasteiger partial charge is 0.414 e. The normalized spacial score (nSPS) is 14.9. The highest BCUT2D eigenvalue weighted by atomic mass is 79.9. The number of rotatable bonds is 3. The van der Waals surface area contributed by atoms with Gasteiger partial charge in [0.05, 0.1) is 0 Å². The smallest absolute Gasteiger partial charge is 0.254 e. The van der Waals surface area contributed by atoms with Crippen LogP contribution < -0.4 is 0 Å². The predicted molar refractivity (Wildman–Crippen MR) is 68.8 cm³/mol. The molecule has 21 heavy (non-hydrogen) atoms. The Morgan fingerprint density at radius 2 is 1.05 bits per heavy atom. The highest BCUT2D eigenvalue weighted by Crippen LogP contribution is 2.29. The minimum absolute atomic E-state index is 0.750. The monoisotopic (exact) mass is 498 g/mol. The quantitative estimate of drug-likeness (QED) is 0.304. The molecule has 0 N–H and O–H groups in total. The molecule has 2 unspecified atom stereocenters. The van der Waals surface area contributed by atoms with Crippen molar-refractivity contribution in [3.8, 4) is 0 Å². The first kappa shape index (κ1) is 27.2. The summed E-state index contributed by atoms with van der Waals surface area (Å²) in [5.41, 5.74) is -3.26. The lowest BCUT2D eigenvalue weighted by Gasteiger charge is -2.14. The first-order valence-corrected chi connectivity index (χ1v) is 7.02. The molecule has 0 spiro atoms. The predicted octanol–water partition coefficient (Wildman–Crippen LogP) is 6.85. The van der Waals surface area contributed by atoms with E-state index in [0.717, 1.165) is 0 Å². The van der Waals surface area contributed by atoms with Gasteiger partial charge in [0.2, 0.25) is 0 Å². The molecular weight excluding hydrogens is 497 g/mol. The molecule has 0 aromatic heterocycles. The molecule has 132 valence electrons. The van der Waals surface area contributed by atoms with Gasteiger partial charge >= 0.3 is 18.9 Å². The van der Waals surface area contributed by atoms with E-state index in [9.17, 15) is 35.1 Å². The number of alkyl halides is 14. The first-order valence-electron chi connectivity index (χ1n) is 3.93. The molecule has 2 atom stereocenters. The molecule has 0 heterocycles. The Morgan fingerprint density at radius 3 is 1.10 bits per heavy atom. The van der Waals surface area contributed by atoms with Gasteiger partial charge in [-0.1, -0.05) is 62.3 Å². The third-order valence-corrected chi connectivity index (χ3v) is 1.77. The second kappa shape index (κ2) is 12.7. The second-order valence-corrected chi connectivity index (χ2v) is 6.57. The summed E-state index contributed by atoms with van der Waals surface area (Å²) < 4.78 is 89.4. The molecule has 0 bridgehead atoms. The van der Waals surface area contributed by atoms with Gasteiger partial charge in [0, 0.05) is 0 Å². The lowest BCUT2D eigenvalue weighted by Crippen LogP contribution is -2.31. The fourth-order valence-electron chi connectivity index (χ4n) is 0.170. The van der Waals surface area contributed by atoms with Gasteiger partial charge in [-0.3, -0.25) is 4.74 Å². The summed E-state index contributed by atoms with van der Waals surface area (Å²) in [5.74, 6) is 0. The highest BCUT2D eigenvalue weighted by Gasteiger charge is 2.43. The zero-order valence-electron chi connectivity index (χ0n) is 9.01. The number of hydrogen-bond acceptors (Lipinski definition) is 1. The third-order valence-electron chi connectivity index (χ3n) is 0.748. The van der Waals surface area contributed by atoms with Crippen LogP contribution >= 0.6 is 73.9 Å². The Morgan fingerprint density at radius 1 is 0.810 bits per heavy atom. The lowest BCUT2D eigenvalue weighted by atomic mass is 10.7. The van der Waals surface area contributed by atoms with Gasteiger partial charge in [0.15, 0.2) is 8.58 Å². The van der Waals surface area contributed by atoms with E-state index in [1.54, 1.807) is 0 Å². The van der Waals surface area contributed by atoms with Crippen LogP contribution in [0.2, 0.25) is 0 Å². The summed E-state index contributed by atoms with van der Waals surface area (Å²) in [6.45, 7) is -3.74. The van der Waals surface area contributed by atoms with Crippen LogP contribution in [0.15, 0.2) is 0 Å². The number of hydrogen-bond donors (Lipinski definition) is 0. The summed E-state index contributed by atoms with van der Waals surface area (Å²) in [7, 11) is 0. The van der Waals surface area contributed by atoms with Gasteiger partial charge in [0.1, 0.15) is 0 Å². The Labute approximate surface area is 146 Å². The van der Waals surface area contributed by atoms with Gasteiger partial charge in [-0.25, -0.2) is 4.39 Å². The Bertz CT molecular complexity index is 249. The van der Waals surface area contributed by atoms with Crippen LogP contribution in [0.5, 0.6) is 0 Å². The molecule has 0 saturated heterocycles. The first-order chi connectivity index (χ1) is 9.04. The molecule has 15 heteroatoms. The molecule has 1 nitrogen and oxygen atoms in total. The minimum Gasteiger partial charge on any atom is -0.254 e. The van der Waals surface area contributed by atoms with E-state index in [-0.39, 0.29) is 0 Å². The maximum Gasteiger partial charge on any atom is 0.414 e. The zero-order valence-corrected chi connectivity index (χ0v) is 14.4. The minimum atomic E-state index is -4.63. The molecule has 0 saturated carbocycles. The van der Waals surface area contributed by atoms with Gasteiger partial charge in [-0.2, -0.15) is 30.7 Å². The van der Waals surface area contributed by atoms with Gasteiger partial charge in [0.25, 0.3) is 5.63 Å². The summed E-state index contributed by atoms with van der Waals surface area (Å²) in [4.78, 5) is 0. The van der Waals surface area contributed by atoms with E-state index in [1.807, 2.05) is 0 Å². The molecule has 0 aliphatic rings. The second-order valence-electron chi connectivity index (χ2n) is 2.33. The fourth-order valence-corrected chi connectivity index (χ4v) is 0.222. The molecule has 0 aliphatic carbocycles. The van der Waals surface area contributed by atoms with E-state index in [4.69, 9.17) is 34.8 Å². The van der Waals surface area contributed by atoms with E-state index in [2.05, 4.69) is 43.9 Å². The average Bonchev–Trinajstić information content (AvgIpc) is 2.13. The molecule has 0 aromatic carbocycles. The van der Waals surface area contributed by atoms with Gasteiger partial charge in [-0.15, -0.1) is 11.6 Å². The summed E-state index contributed by atoms with van der Waals surface area (Å²) >= 11 is 25.2. The van der Waals surface area contributed by atoms with E-state index >= 15 is 0 Å². The molecular formula is C6H4BrCl5F8O. The van der Waals surface area contributed by atoms with Crippen LogP contribution in [0.1, 0.15) is 0 Å². The summed E-state index contributed by atoms with van der Waals surface area (Å²) in [6, 6.07) is 0. The van der Waals surface area contributed by atoms with Crippen molar-refractivity contribution in [1.29, 1.82) is 0 Å². The third kappa shape index (κ3) is 23.7. The van der Waals surface area contributed by atoms with Crippen LogP contribution in [-0.2, 0) is 4.74 Å². The van der Waals surface area contributed by atoms with Crippen molar-refractivity contribution in [3.05, 3.63) is 0 Å². The standard InChI is InChI=1S/C3H2ClF5O.C2HBrClF3.CHCl3/c4-1(5)3(8,9)10-2(6)7;3-1(4)2(5,6)7;2-1(3)4/h1-2H;1H;1H. The van der Waals surface area contributed by atoms with Crippen molar-refractivity contribution in [2.45, 2.75) is 33.1 Å². The Hall–Kier alpha value is 1.33. The van der Waals surface area contributed by atoms with Crippen molar-refractivity contribution in [1.82, 2.24) is 0 Å². The Balaban J connectivity index is -0.000000256. The van der Waals surface area contributed by atoms with Crippen LogP contribution in [0.3, 0.4) is 0 Å². The van der Waals surface area contributed by atoms with Gasteiger partial charge in [-0.05, 0) is 0 Å². The van der Waals surface area contributed by atoms with Crippen molar-refractivity contribution in [2.75, 3.05) is 0 Å². The van der Waals surface area contributed by atoms with E-state index in [1.165, 1.54) is 0 Å². The molecule has 0 radical (unpaired) electrons. The maximum atomic E-state index is 11.6. The van der Waals surface area contributed by atoms with Crippen LogP contribution in [-0.4, -0.2) is 33.1 Å². The molecule has 0 amide bonds. The van der Waals surface area contributed by atoms with E-state index < -0.39 is 33.1 Å². The van der Waals surface area contributed by atoms with Crippen molar-refractivity contribution >= 4 is 73.9 Å². The SMILES string of the molecule is ClC(Cl)Cl.FC(F)(F)C(Cl)Br.FC(F)OC(F)(F)C(F)Cl. The number of halogens is 14. The molecule has 0 aliphatic heterocycles. The maximum absolute atomic E-state index is 11.6. The topological polar surface area (TPSA) is 9.23 Å². The van der Waals surface area contributed by atoms with Crippen molar-refractivity contribution < 1.29 is 39.9 Å². The molecule has 0 rings (SSSR count). The average molecular weight is 501 g/mol. The number of ether oxygens (including phenoxy) is 1. The summed E-state index contributed by atoms with van der Waals surface area (Å²) in [5, 5.41) is 0. The summed E-state index contributed by atoms with van der Waals surface area (Å²) in [6.07, 6.45) is -8.95. The van der Waals surface area contributed by atoms with Crippen molar-refractivity contribution in [3.63, 3.8) is 0 Å². The lowest BCUT2D eigenvalue weighted by molar-refractivity contribution is -0.330. The van der Waals surface area contributed by atoms with Crippen LogP contribution in [0.25, 0.3) is 0 Å². The van der Waals surface area contributed by atoms with Crippen molar-refractivity contribution in [2.24, 2.45) is 0 Å². The van der Waals surface area contributed by atoms with Crippen LogP contribution in [0, 0.1) is 0 Å². The fraction of sp³-hybridized carbons (Fsp3) is 1.00. The van der Waals surface area contributed by atoms with E-state index in [0.29, 0.717) is 0 Å². The van der Waals surface area contributed by atoms with Gasteiger partial charge < -0.3 is 0 Å². The Kier molecular flexibility index (Phi) is 16.5. The highest BCUT2D eigenvalue weighted by molar-refractivity contribution is 9.10.